The van der Waals surface area contributed by atoms with E-state index in [1.165, 1.54) is 5.56 Å². The zero-order valence-electron chi connectivity index (χ0n) is 11.4. The number of para-hydroxylation sites is 1. The molecule has 1 N–H and O–H groups in total. The summed E-state index contributed by atoms with van der Waals surface area (Å²) in [5, 5.41) is 4.87. The van der Waals surface area contributed by atoms with E-state index < -0.39 is 0 Å². The molecule has 3 nitrogen and oxygen atoms in total. The van der Waals surface area contributed by atoms with E-state index in [1.54, 1.807) is 0 Å². The first-order chi connectivity index (χ1) is 9.69. The molecule has 1 atom stereocenters. The summed E-state index contributed by atoms with van der Waals surface area (Å²) >= 11 is 6.16. The second kappa shape index (κ2) is 5.27. The van der Waals surface area contributed by atoms with E-state index >= 15 is 0 Å². The van der Waals surface area contributed by atoms with E-state index in [4.69, 9.17) is 16.0 Å². The van der Waals surface area contributed by atoms with Crippen molar-refractivity contribution in [2.75, 3.05) is 7.05 Å². The zero-order valence-corrected chi connectivity index (χ0v) is 12.1. The van der Waals surface area contributed by atoms with Crippen molar-refractivity contribution in [3.05, 3.63) is 64.6 Å². The van der Waals surface area contributed by atoms with Crippen LogP contribution in [0.1, 0.15) is 23.1 Å². The number of furan rings is 1. The van der Waals surface area contributed by atoms with Crippen LogP contribution < -0.4 is 5.32 Å². The van der Waals surface area contributed by atoms with Crippen LogP contribution >= 0.6 is 11.6 Å². The van der Waals surface area contributed by atoms with Crippen LogP contribution in [0.2, 0.25) is 5.02 Å². The van der Waals surface area contributed by atoms with Gasteiger partial charge in [0.15, 0.2) is 5.58 Å². The second-order valence-corrected chi connectivity index (χ2v) is 5.19. The second-order valence-electron chi connectivity index (χ2n) is 4.79. The van der Waals surface area contributed by atoms with Crippen LogP contribution in [0, 0.1) is 6.92 Å². The molecule has 4 heteroatoms. The van der Waals surface area contributed by atoms with Gasteiger partial charge in [0.25, 0.3) is 0 Å². The van der Waals surface area contributed by atoms with Gasteiger partial charge in [-0.25, -0.2) is 0 Å². The number of aromatic nitrogens is 1. The van der Waals surface area contributed by atoms with Crippen molar-refractivity contribution >= 4 is 22.6 Å². The molecule has 3 aromatic rings. The molecular formula is C16H15ClN2O. The van der Waals surface area contributed by atoms with Crippen molar-refractivity contribution in [1.29, 1.82) is 0 Å². The molecule has 3 rings (SSSR count). The fraction of sp³-hybridized carbons (Fsp3) is 0.188. The van der Waals surface area contributed by atoms with Crippen molar-refractivity contribution in [3.8, 4) is 0 Å². The molecule has 1 aromatic carbocycles. The van der Waals surface area contributed by atoms with Crippen LogP contribution in [0.4, 0.5) is 0 Å². The number of pyridine rings is 1. The third-order valence-electron chi connectivity index (χ3n) is 3.32. The number of rotatable bonds is 3. The summed E-state index contributed by atoms with van der Waals surface area (Å²) in [6.45, 7) is 2.05. The number of nitrogens with zero attached hydrogens (tertiary/aromatic N) is 1. The number of halogens is 1. The highest BCUT2D eigenvalue weighted by atomic mass is 35.5. The van der Waals surface area contributed by atoms with Gasteiger partial charge in [0.1, 0.15) is 11.8 Å². The predicted octanol–water partition coefficient (Wildman–Crippen LogP) is 4.10. The average Bonchev–Trinajstić information content (AvgIpc) is 2.85. The lowest BCUT2D eigenvalue weighted by atomic mass is 10.1. The van der Waals surface area contributed by atoms with E-state index in [2.05, 4.69) is 16.4 Å². The molecule has 0 aliphatic carbocycles. The molecule has 0 spiro atoms. The quantitative estimate of drug-likeness (QED) is 0.788. The topological polar surface area (TPSA) is 38.1 Å². The van der Waals surface area contributed by atoms with E-state index in [9.17, 15) is 0 Å². The maximum Gasteiger partial charge on any atom is 0.152 e. The van der Waals surface area contributed by atoms with Gasteiger partial charge in [-0.15, -0.1) is 0 Å². The first-order valence-corrected chi connectivity index (χ1v) is 6.84. The minimum absolute atomic E-state index is 0.0848. The first kappa shape index (κ1) is 13.2. The highest BCUT2D eigenvalue weighted by molar-refractivity contribution is 6.34. The Morgan fingerprint density at radius 2 is 2.10 bits per heavy atom. The van der Waals surface area contributed by atoms with E-state index in [0.29, 0.717) is 5.02 Å². The minimum atomic E-state index is -0.0848. The molecule has 0 fully saturated rings. The maximum absolute atomic E-state index is 6.16. The molecule has 1 unspecified atom stereocenters. The Hall–Kier alpha value is -1.84. The largest absolute Gasteiger partial charge is 0.457 e. The third kappa shape index (κ3) is 2.30. The summed E-state index contributed by atoms with van der Waals surface area (Å²) in [5.41, 5.74) is 2.82. The van der Waals surface area contributed by atoms with Gasteiger partial charge < -0.3 is 9.73 Å². The summed E-state index contributed by atoms with van der Waals surface area (Å²) in [5.74, 6) is 0.814. The average molecular weight is 287 g/mol. The Bertz CT molecular complexity index is 751. The fourth-order valence-corrected chi connectivity index (χ4v) is 2.56. The molecule has 0 radical (unpaired) electrons. The predicted molar refractivity (Wildman–Crippen MR) is 81.1 cm³/mol. The molecule has 20 heavy (non-hydrogen) atoms. The smallest absolute Gasteiger partial charge is 0.152 e. The SMILES string of the molecule is CNC(c1cc(C)ccn1)c1cc2cccc(Cl)c2o1. The van der Waals surface area contributed by atoms with Gasteiger partial charge in [-0.3, -0.25) is 4.98 Å². The van der Waals surface area contributed by atoms with Gasteiger partial charge in [-0.2, -0.15) is 0 Å². The number of hydrogen-bond donors (Lipinski definition) is 1. The Labute approximate surface area is 122 Å². The van der Waals surface area contributed by atoms with Crippen LogP contribution in [0.15, 0.2) is 47.0 Å². The molecule has 0 saturated carbocycles. The van der Waals surface area contributed by atoms with E-state index in [0.717, 1.165) is 22.4 Å². The van der Waals surface area contributed by atoms with Crippen molar-refractivity contribution in [2.24, 2.45) is 0 Å². The molecule has 0 amide bonds. The Kier molecular flexibility index (Phi) is 3.47. The molecule has 0 aliphatic heterocycles. The number of hydrogen-bond acceptors (Lipinski definition) is 3. The normalized spacial score (nSPS) is 12.8. The van der Waals surface area contributed by atoms with Crippen molar-refractivity contribution in [3.63, 3.8) is 0 Å². The Morgan fingerprint density at radius 3 is 2.80 bits per heavy atom. The standard InChI is InChI=1S/C16H15ClN2O/c1-10-6-7-19-13(8-10)15(18-2)14-9-11-4-3-5-12(17)16(11)20-14/h3-9,15,18H,1-2H3. The summed E-state index contributed by atoms with van der Waals surface area (Å²) in [6.07, 6.45) is 1.81. The zero-order chi connectivity index (χ0) is 14.1. The maximum atomic E-state index is 6.16. The summed E-state index contributed by atoms with van der Waals surface area (Å²) in [7, 11) is 1.89. The van der Waals surface area contributed by atoms with E-state index in [1.807, 2.05) is 50.5 Å². The summed E-state index contributed by atoms with van der Waals surface area (Å²) < 4.78 is 5.91. The van der Waals surface area contributed by atoms with E-state index in [-0.39, 0.29) is 6.04 Å². The number of aryl methyl sites for hydroxylation is 1. The van der Waals surface area contributed by atoms with Crippen molar-refractivity contribution in [1.82, 2.24) is 10.3 Å². The molecule has 0 bridgehead atoms. The van der Waals surface area contributed by atoms with Crippen molar-refractivity contribution < 1.29 is 4.42 Å². The first-order valence-electron chi connectivity index (χ1n) is 6.47. The highest BCUT2D eigenvalue weighted by Crippen LogP contribution is 2.31. The lowest BCUT2D eigenvalue weighted by Crippen LogP contribution is -2.18. The van der Waals surface area contributed by atoms with Gasteiger partial charge in [0, 0.05) is 11.6 Å². The molecule has 2 aromatic heterocycles. The lowest BCUT2D eigenvalue weighted by Gasteiger charge is -2.13. The fourth-order valence-electron chi connectivity index (χ4n) is 2.34. The monoisotopic (exact) mass is 286 g/mol. The molecular weight excluding hydrogens is 272 g/mol. The third-order valence-corrected chi connectivity index (χ3v) is 3.62. The van der Waals surface area contributed by atoms with Gasteiger partial charge in [-0.1, -0.05) is 23.7 Å². The van der Waals surface area contributed by atoms with Crippen LogP contribution in [-0.4, -0.2) is 12.0 Å². The van der Waals surface area contributed by atoms with Gasteiger partial charge in [0.05, 0.1) is 10.7 Å². The lowest BCUT2D eigenvalue weighted by molar-refractivity contribution is 0.486. The van der Waals surface area contributed by atoms with Crippen LogP contribution in [0.3, 0.4) is 0 Å². The van der Waals surface area contributed by atoms with Gasteiger partial charge in [-0.05, 0) is 43.8 Å². The minimum Gasteiger partial charge on any atom is -0.457 e. The highest BCUT2D eigenvalue weighted by Gasteiger charge is 2.18. The number of fused-ring (bicyclic) bond motifs is 1. The van der Waals surface area contributed by atoms with Gasteiger partial charge in [0.2, 0.25) is 0 Å². The number of nitrogens with one attached hydrogen (secondary N) is 1. The number of benzene rings is 1. The Morgan fingerprint density at radius 1 is 1.25 bits per heavy atom. The molecule has 102 valence electrons. The molecule has 0 aliphatic rings. The van der Waals surface area contributed by atoms with Crippen LogP contribution in [-0.2, 0) is 0 Å². The van der Waals surface area contributed by atoms with Gasteiger partial charge >= 0.3 is 0 Å². The summed E-state index contributed by atoms with van der Waals surface area (Å²) in [6, 6.07) is 11.7. The van der Waals surface area contributed by atoms with Crippen LogP contribution in [0.25, 0.3) is 11.0 Å². The Balaban J connectivity index is 2.09. The summed E-state index contributed by atoms with van der Waals surface area (Å²) in [4.78, 5) is 4.42. The van der Waals surface area contributed by atoms with Crippen LogP contribution in [0.5, 0.6) is 0 Å². The molecule has 2 heterocycles. The van der Waals surface area contributed by atoms with Crippen molar-refractivity contribution in [2.45, 2.75) is 13.0 Å². The molecule has 0 saturated heterocycles.